The molecule has 2 aromatic rings. The molecular weight excluding hydrogens is 284 g/mol. The average Bonchev–Trinajstić information content (AvgIpc) is 2.51. The van der Waals surface area contributed by atoms with Gasteiger partial charge in [-0.3, -0.25) is 14.4 Å². The Hall–Kier alpha value is -2.95. The lowest BCUT2D eigenvalue weighted by Crippen LogP contribution is -2.21. The van der Waals surface area contributed by atoms with E-state index in [0.29, 0.717) is 5.56 Å². The first-order valence-corrected chi connectivity index (χ1v) is 6.67. The topological polar surface area (TPSA) is 80.7 Å². The van der Waals surface area contributed by atoms with Crippen LogP contribution in [0, 0.1) is 0 Å². The third kappa shape index (κ3) is 2.07. The third-order valence-corrected chi connectivity index (χ3v) is 3.46. The van der Waals surface area contributed by atoms with Crippen LogP contribution in [0.15, 0.2) is 36.4 Å². The number of fused-ring (bicyclic) bond motifs is 2. The molecule has 0 spiro atoms. The van der Waals surface area contributed by atoms with Gasteiger partial charge in [-0.05, 0) is 19.1 Å². The van der Waals surface area contributed by atoms with Crippen molar-refractivity contribution in [3.05, 3.63) is 58.7 Å². The van der Waals surface area contributed by atoms with Crippen molar-refractivity contribution in [2.75, 3.05) is 6.61 Å². The number of phenols is 1. The van der Waals surface area contributed by atoms with Gasteiger partial charge in [-0.2, -0.15) is 0 Å². The van der Waals surface area contributed by atoms with Crippen LogP contribution in [-0.2, 0) is 4.79 Å². The molecule has 5 nitrogen and oxygen atoms in total. The second kappa shape index (κ2) is 5.11. The largest absolute Gasteiger partial charge is 0.504 e. The minimum Gasteiger partial charge on any atom is -0.504 e. The molecule has 0 atom stereocenters. The van der Waals surface area contributed by atoms with E-state index >= 15 is 0 Å². The van der Waals surface area contributed by atoms with Crippen LogP contribution in [0.5, 0.6) is 11.5 Å². The summed E-state index contributed by atoms with van der Waals surface area (Å²) in [6.45, 7) is 1.13. The van der Waals surface area contributed by atoms with E-state index in [2.05, 4.69) is 0 Å². The second-order valence-electron chi connectivity index (χ2n) is 5.03. The summed E-state index contributed by atoms with van der Waals surface area (Å²) in [6.07, 6.45) is 0. The molecule has 0 unspecified atom stereocenters. The number of rotatable bonds is 3. The van der Waals surface area contributed by atoms with Crippen molar-refractivity contribution in [3.8, 4) is 11.5 Å². The molecule has 0 amide bonds. The van der Waals surface area contributed by atoms with Crippen LogP contribution < -0.4 is 4.74 Å². The van der Waals surface area contributed by atoms with Gasteiger partial charge < -0.3 is 9.84 Å². The number of phenolic OH excluding ortho intramolecular Hbond substituents is 1. The summed E-state index contributed by atoms with van der Waals surface area (Å²) in [5.74, 6) is -1.37. The van der Waals surface area contributed by atoms with Crippen LogP contribution in [0.25, 0.3) is 0 Å². The van der Waals surface area contributed by atoms with E-state index < -0.39 is 11.5 Å². The van der Waals surface area contributed by atoms with Crippen LogP contribution in [0.3, 0.4) is 0 Å². The minimum absolute atomic E-state index is 0.00878. The molecule has 0 saturated heterocycles. The number of aromatic hydroxyl groups is 1. The smallest absolute Gasteiger partial charge is 0.198 e. The fraction of sp³-hybridized carbons (Fsp3) is 0.118. The SMILES string of the molecule is CC(=O)COc1ccc2c(c1O)C(=O)c1ccccc1C2=O. The van der Waals surface area contributed by atoms with Gasteiger partial charge in [0.15, 0.2) is 28.8 Å². The van der Waals surface area contributed by atoms with E-state index in [0.717, 1.165) is 0 Å². The Morgan fingerprint density at radius 2 is 1.64 bits per heavy atom. The maximum atomic E-state index is 12.5. The van der Waals surface area contributed by atoms with Crippen molar-refractivity contribution in [2.45, 2.75) is 6.92 Å². The molecular formula is C17H12O5. The summed E-state index contributed by atoms with van der Waals surface area (Å²) in [6, 6.07) is 9.27. The summed E-state index contributed by atoms with van der Waals surface area (Å²) in [5, 5.41) is 10.3. The van der Waals surface area contributed by atoms with Crippen LogP contribution in [0.2, 0.25) is 0 Å². The summed E-state index contributed by atoms with van der Waals surface area (Å²) < 4.78 is 5.17. The monoisotopic (exact) mass is 296 g/mol. The predicted octanol–water partition coefficient (Wildman–Crippen LogP) is 2.14. The molecule has 0 saturated carbocycles. The van der Waals surface area contributed by atoms with Crippen molar-refractivity contribution in [1.82, 2.24) is 0 Å². The van der Waals surface area contributed by atoms with E-state index in [1.807, 2.05) is 0 Å². The molecule has 0 aromatic heterocycles. The lowest BCUT2D eigenvalue weighted by atomic mass is 9.83. The highest BCUT2D eigenvalue weighted by Gasteiger charge is 2.33. The number of Topliss-reactive ketones (excluding diaryl/α,β-unsaturated/α-hetero) is 1. The first-order valence-electron chi connectivity index (χ1n) is 6.67. The lowest BCUT2D eigenvalue weighted by molar-refractivity contribution is -0.118. The predicted molar refractivity (Wildman–Crippen MR) is 77.6 cm³/mol. The fourth-order valence-corrected chi connectivity index (χ4v) is 2.45. The zero-order valence-electron chi connectivity index (χ0n) is 11.8. The molecule has 22 heavy (non-hydrogen) atoms. The highest BCUT2D eigenvalue weighted by atomic mass is 16.5. The van der Waals surface area contributed by atoms with Crippen LogP contribution in [0.1, 0.15) is 38.8 Å². The van der Waals surface area contributed by atoms with Crippen molar-refractivity contribution >= 4 is 17.3 Å². The first-order chi connectivity index (χ1) is 10.5. The van der Waals surface area contributed by atoms with Gasteiger partial charge >= 0.3 is 0 Å². The van der Waals surface area contributed by atoms with Crippen molar-refractivity contribution < 1.29 is 24.2 Å². The standard InChI is InChI=1S/C17H12O5/c1-9(18)8-22-13-7-6-12-14(17(13)21)16(20)11-5-3-2-4-10(11)15(12)19/h2-7,21H,8H2,1H3. The summed E-state index contributed by atoms with van der Waals surface area (Å²) in [7, 11) is 0. The molecule has 0 bridgehead atoms. The summed E-state index contributed by atoms with van der Waals surface area (Å²) in [5.41, 5.74) is 0.622. The Bertz CT molecular complexity index is 820. The Kier molecular flexibility index (Phi) is 3.25. The Balaban J connectivity index is 2.13. The molecule has 5 heteroatoms. The molecule has 0 radical (unpaired) electrons. The van der Waals surface area contributed by atoms with Crippen LogP contribution in [0.4, 0.5) is 0 Å². The van der Waals surface area contributed by atoms with E-state index in [1.165, 1.54) is 19.1 Å². The van der Waals surface area contributed by atoms with Gasteiger partial charge in [-0.15, -0.1) is 0 Å². The molecule has 1 aliphatic carbocycles. The maximum absolute atomic E-state index is 12.5. The van der Waals surface area contributed by atoms with Crippen LogP contribution in [-0.4, -0.2) is 29.1 Å². The van der Waals surface area contributed by atoms with Crippen molar-refractivity contribution in [3.63, 3.8) is 0 Å². The molecule has 1 N–H and O–H groups in total. The van der Waals surface area contributed by atoms with Crippen LogP contribution >= 0.6 is 0 Å². The quantitative estimate of drug-likeness (QED) is 0.801. The number of hydrogen-bond acceptors (Lipinski definition) is 5. The third-order valence-electron chi connectivity index (χ3n) is 3.46. The number of ether oxygens (including phenoxy) is 1. The highest BCUT2D eigenvalue weighted by Crippen LogP contribution is 2.38. The average molecular weight is 296 g/mol. The molecule has 0 aliphatic heterocycles. The Morgan fingerprint density at radius 1 is 1.00 bits per heavy atom. The Morgan fingerprint density at radius 3 is 2.27 bits per heavy atom. The van der Waals surface area contributed by atoms with Crippen molar-refractivity contribution in [2.24, 2.45) is 0 Å². The second-order valence-corrected chi connectivity index (χ2v) is 5.03. The van der Waals surface area contributed by atoms with E-state index in [9.17, 15) is 19.5 Å². The zero-order chi connectivity index (χ0) is 15.9. The molecule has 3 rings (SSSR count). The number of benzene rings is 2. The molecule has 0 fully saturated rings. The maximum Gasteiger partial charge on any atom is 0.198 e. The van der Waals surface area contributed by atoms with Crippen molar-refractivity contribution in [1.29, 1.82) is 0 Å². The summed E-state index contributed by atoms with van der Waals surface area (Å²) in [4.78, 5) is 35.9. The van der Waals surface area contributed by atoms with Gasteiger partial charge in [0.1, 0.15) is 6.61 Å². The molecule has 110 valence electrons. The number of carbonyl (C=O) groups is 3. The lowest BCUT2D eigenvalue weighted by Gasteiger charge is -2.19. The van der Waals surface area contributed by atoms with Gasteiger partial charge in [0.2, 0.25) is 0 Å². The zero-order valence-corrected chi connectivity index (χ0v) is 11.8. The number of ketones is 3. The van der Waals surface area contributed by atoms with Gasteiger partial charge in [0.25, 0.3) is 0 Å². The summed E-state index contributed by atoms with van der Waals surface area (Å²) >= 11 is 0. The number of carbonyl (C=O) groups excluding carboxylic acids is 3. The van der Waals surface area contributed by atoms with Gasteiger partial charge in [-0.1, -0.05) is 24.3 Å². The van der Waals surface area contributed by atoms with E-state index in [-0.39, 0.29) is 40.6 Å². The minimum atomic E-state index is -0.434. The van der Waals surface area contributed by atoms with E-state index in [1.54, 1.807) is 24.3 Å². The highest BCUT2D eigenvalue weighted by molar-refractivity contribution is 6.29. The molecule has 0 heterocycles. The van der Waals surface area contributed by atoms with Gasteiger partial charge in [-0.25, -0.2) is 0 Å². The fourth-order valence-electron chi connectivity index (χ4n) is 2.45. The Labute approximate surface area is 126 Å². The molecule has 2 aromatic carbocycles. The molecule has 1 aliphatic rings. The van der Waals surface area contributed by atoms with E-state index in [4.69, 9.17) is 4.74 Å². The van der Waals surface area contributed by atoms with Gasteiger partial charge in [0.05, 0.1) is 5.56 Å². The normalized spacial score (nSPS) is 12.6. The number of hydrogen-bond donors (Lipinski definition) is 1. The van der Waals surface area contributed by atoms with Gasteiger partial charge in [0, 0.05) is 16.7 Å². The first kappa shape index (κ1) is 14.0.